The van der Waals surface area contributed by atoms with Crippen molar-refractivity contribution in [2.45, 2.75) is 11.4 Å². The molecule has 2 N–H and O–H groups in total. The van der Waals surface area contributed by atoms with Gasteiger partial charge >= 0.3 is 5.69 Å². The van der Waals surface area contributed by atoms with Gasteiger partial charge in [-0.2, -0.15) is 9.36 Å². The van der Waals surface area contributed by atoms with Crippen molar-refractivity contribution in [3.63, 3.8) is 0 Å². The largest absolute Gasteiger partial charge is 0.368 e. The molecule has 1 aromatic heterocycles. The molecule has 0 fully saturated rings. The SMILES string of the molecule is CNC(=O)Cn1nnn(-c2ccc(NC(=O)c3ccccc3SC)cc2)c1=O. The number of carbonyl (C=O) groups excluding carboxylic acids is 2. The number of thioether (sulfide) groups is 1. The van der Waals surface area contributed by atoms with E-state index in [1.807, 2.05) is 24.5 Å². The average molecular weight is 398 g/mol. The molecule has 0 aliphatic carbocycles. The maximum atomic E-state index is 12.5. The molecule has 0 spiro atoms. The van der Waals surface area contributed by atoms with E-state index in [1.54, 1.807) is 30.3 Å². The predicted molar refractivity (Wildman–Crippen MR) is 106 cm³/mol. The Morgan fingerprint density at radius 3 is 2.46 bits per heavy atom. The first kappa shape index (κ1) is 19.4. The number of nitrogens with one attached hydrogen (secondary N) is 2. The summed E-state index contributed by atoms with van der Waals surface area (Å²) in [5.74, 6) is -0.566. The number of hydrogen-bond acceptors (Lipinski definition) is 6. The molecule has 0 saturated heterocycles. The van der Waals surface area contributed by atoms with Crippen molar-refractivity contribution in [1.82, 2.24) is 25.1 Å². The highest BCUT2D eigenvalue weighted by Crippen LogP contribution is 2.21. The number of benzene rings is 2. The first-order valence-corrected chi connectivity index (χ1v) is 9.54. The number of amides is 2. The Bertz CT molecular complexity index is 1060. The van der Waals surface area contributed by atoms with E-state index in [4.69, 9.17) is 0 Å². The van der Waals surface area contributed by atoms with E-state index in [1.165, 1.54) is 18.8 Å². The van der Waals surface area contributed by atoms with Crippen LogP contribution < -0.4 is 16.3 Å². The summed E-state index contributed by atoms with van der Waals surface area (Å²) in [6.07, 6.45) is 1.91. The van der Waals surface area contributed by atoms with Gasteiger partial charge in [0.1, 0.15) is 6.54 Å². The molecular formula is C18H18N6O3S. The van der Waals surface area contributed by atoms with Gasteiger partial charge in [0.2, 0.25) is 5.91 Å². The third-order valence-electron chi connectivity index (χ3n) is 3.93. The lowest BCUT2D eigenvalue weighted by molar-refractivity contribution is -0.121. The zero-order chi connectivity index (χ0) is 20.1. The molecule has 144 valence electrons. The molecule has 9 nitrogen and oxygen atoms in total. The van der Waals surface area contributed by atoms with Crippen molar-refractivity contribution < 1.29 is 9.59 Å². The fraction of sp³-hybridized carbons (Fsp3) is 0.167. The molecular weight excluding hydrogens is 380 g/mol. The Kier molecular flexibility index (Phi) is 5.90. The van der Waals surface area contributed by atoms with Crippen LogP contribution in [0.15, 0.2) is 58.2 Å². The summed E-state index contributed by atoms with van der Waals surface area (Å²) in [6, 6.07) is 13.9. The quantitative estimate of drug-likeness (QED) is 0.603. The van der Waals surface area contributed by atoms with Crippen LogP contribution in [0.3, 0.4) is 0 Å². The summed E-state index contributed by atoms with van der Waals surface area (Å²) < 4.78 is 2.05. The summed E-state index contributed by atoms with van der Waals surface area (Å²) in [7, 11) is 1.47. The minimum Gasteiger partial charge on any atom is -0.358 e. The van der Waals surface area contributed by atoms with Crippen LogP contribution in [-0.4, -0.2) is 44.9 Å². The molecule has 0 saturated carbocycles. The highest BCUT2D eigenvalue weighted by atomic mass is 32.2. The van der Waals surface area contributed by atoms with E-state index in [0.29, 0.717) is 16.9 Å². The molecule has 0 radical (unpaired) electrons. The van der Waals surface area contributed by atoms with Crippen molar-refractivity contribution in [3.05, 3.63) is 64.6 Å². The molecule has 0 aliphatic heterocycles. The van der Waals surface area contributed by atoms with Gasteiger partial charge in [0.15, 0.2) is 0 Å². The standard InChI is InChI=1S/C18H18N6O3S/c1-19-16(25)11-23-18(27)24(22-21-23)13-9-7-12(8-10-13)20-17(26)14-5-3-4-6-15(14)28-2/h3-10H,11H2,1-2H3,(H,19,25)(H,20,26). The van der Waals surface area contributed by atoms with Crippen LogP contribution in [0.1, 0.15) is 10.4 Å². The number of aromatic nitrogens is 4. The van der Waals surface area contributed by atoms with Crippen molar-refractivity contribution in [2.24, 2.45) is 0 Å². The lowest BCUT2D eigenvalue weighted by Gasteiger charge is -2.09. The van der Waals surface area contributed by atoms with Crippen LogP contribution in [0.5, 0.6) is 0 Å². The van der Waals surface area contributed by atoms with Crippen molar-refractivity contribution in [3.8, 4) is 5.69 Å². The minimum atomic E-state index is -0.533. The Morgan fingerprint density at radius 1 is 1.07 bits per heavy atom. The molecule has 10 heteroatoms. The molecule has 3 aromatic rings. The summed E-state index contributed by atoms with van der Waals surface area (Å²) in [5, 5.41) is 12.7. The highest BCUT2D eigenvalue weighted by Gasteiger charge is 2.13. The molecule has 2 aromatic carbocycles. The van der Waals surface area contributed by atoms with Crippen LogP contribution in [0.2, 0.25) is 0 Å². The van der Waals surface area contributed by atoms with Gasteiger partial charge in [-0.3, -0.25) is 9.59 Å². The Morgan fingerprint density at radius 2 is 1.79 bits per heavy atom. The summed E-state index contributed by atoms with van der Waals surface area (Å²) >= 11 is 1.50. The molecule has 0 atom stereocenters. The van der Waals surface area contributed by atoms with Crippen LogP contribution in [-0.2, 0) is 11.3 Å². The van der Waals surface area contributed by atoms with Crippen LogP contribution >= 0.6 is 11.8 Å². The number of tetrazole rings is 1. The van der Waals surface area contributed by atoms with Gasteiger partial charge in [0.25, 0.3) is 5.91 Å². The molecule has 2 amide bonds. The average Bonchev–Trinajstić information content (AvgIpc) is 3.08. The van der Waals surface area contributed by atoms with E-state index in [2.05, 4.69) is 21.1 Å². The van der Waals surface area contributed by atoms with Gasteiger partial charge in [-0.05, 0) is 53.1 Å². The number of nitrogens with zero attached hydrogens (tertiary/aromatic N) is 4. The number of likely N-dealkylation sites (N-methyl/N-ethyl adjacent to an activating group) is 1. The second kappa shape index (κ2) is 8.53. The lowest BCUT2D eigenvalue weighted by atomic mass is 10.2. The van der Waals surface area contributed by atoms with E-state index < -0.39 is 5.69 Å². The second-order valence-corrected chi connectivity index (χ2v) is 6.55. The lowest BCUT2D eigenvalue weighted by Crippen LogP contribution is -2.31. The van der Waals surface area contributed by atoms with Crippen molar-refractivity contribution >= 4 is 29.3 Å². The van der Waals surface area contributed by atoms with E-state index >= 15 is 0 Å². The van der Waals surface area contributed by atoms with Crippen molar-refractivity contribution in [2.75, 3.05) is 18.6 Å². The first-order valence-electron chi connectivity index (χ1n) is 8.31. The normalized spacial score (nSPS) is 10.5. The third-order valence-corrected chi connectivity index (χ3v) is 4.73. The van der Waals surface area contributed by atoms with Gasteiger partial charge in [-0.25, -0.2) is 4.79 Å². The van der Waals surface area contributed by atoms with Crippen LogP contribution in [0.25, 0.3) is 5.69 Å². The molecule has 1 heterocycles. The summed E-state index contributed by atoms with van der Waals surface area (Å²) in [4.78, 5) is 37.1. The first-order chi connectivity index (χ1) is 13.5. The molecule has 0 aliphatic rings. The van der Waals surface area contributed by atoms with E-state index in [9.17, 15) is 14.4 Å². The highest BCUT2D eigenvalue weighted by molar-refractivity contribution is 7.98. The summed E-state index contributed by atoms with van der Waals surface area (Å²) in [5.41, 5.74) is 1.10. The molecule has 0 bridgehead atoms. The topological polar surface area (TPSA) is 111 Å². The smallest absolute Gasteiger partial charge is 0.358 e. The monoisotopic (exact) mass is 398 g/mol. The van der Waals surface area contributed by atoms with Crippen LogP contribution in [0.4, 0.5) is 5.69 Å². The Hall–Kier alpha value is -3.40. The molecule has 28 heavy (non-hydrogen) atoms. The van der Waals surface area contributed by atoms with Gasteiger partial charge in [-0.15, -0.1) is 11.8 Å². The van der Waals surface area contributed by atoms with Crippen LogP contribution in [0, 0.1) is 0 Å². The number of carbonyl (C=O) groups is 2. The zero-order valence-corrected chi connectivity index (χ0v) is 16.1. The molecule has 3 rings (SSSR count). The van der Waals surface area contributed by atoms with Gasteiger partial charge in [0.05, 0.1) is 11.3 Å². The maximum absolute atomic E-state index is 12.5. The molecule has 0 unspecified atom stereocenters. The Labute approximate surface area is 164 Å². The summed E-state index contributed by atoms with van der Waals surface area (Å²) in [6.45, 7) is -0.210. The number of anilines is 1. The van der Waals surface area contributed by atoms with Gasteiger partial charge in [-0.1, -0.05) is 12.1 Å². The maximum Gasteiger partial charge on any atom is 0.368 e. The number of hydrogen-bond donors (Lipinski definition) is 2. The van der Waals surface area contributed by atoms with Gasteiger partial charge < -0.3 is 10.6 Å². The Balaban J connectivity index is 1.76. The van der Waals surface area contributed by atoms with E-state index in [-0.39, 0.29) is 18.4 Å². The van der Waals surface area contributed by atoms with Gasteiger partial charge in [0, 0.05) is 17.6 Å². The predicted octanol–water partition coefficient (Wildman–Crippen LogP) is 1.15. The fourth-order valence-corrected chi connectivity index (χ4v) is 3.06. The fourth-order valence-electron chi connectivity index (χ4n) is 2.47. The second-order valence-electron chi connectivity index (χ2n) is 5.71. The number of rotatable bonds is 6. The minimum absolute atomic E-state index is 0.210. The third kappa shape index (κ3) is 4.12. The zero-order valence-electron chi connectivity index (χ0n) is 15.2. The van der Waals surface area contributed by atoms with E-state index in [0.717, 1.165) is 14.3 Å². The van der Waals surface area contributed by atoms with Crippen molar-refractivity contribution in [1.29, 1.82) is 0 Å².